The van der Waals surface area contributed by atoms with Gasteiger partial charge in [-0.15, -0.1) is 0 Å². The summed E-state index contributed by atoms with van der Waals surface area (Å²) in [6.45, 7) is 6.61. The van der Waals surface area contributed by atoms with Gasteiger partial charge in [-0.3, -0.25) is 9.59 Å². The number of nitrogens with zero attached hydrogens (tertiary/aromatic N) is 6. The summed E-state index contributed by atoms with van der Waals surface area (Å²) in [6, 6.07) is 11.0. The average molecular weight is 424 g/mol. The van der Waals surface area contributed by atoms with Crippen molar-refractivity contribution in [2.24, 2.45) is 0 Å². The molecule has 0 radical (unpaired) electrons. The van der Waals surface area contributed by atoms with Crippen molar-refractivity contribution in [3.05, 3.63) is 48.3 Å². The van der Waals surface area contributed by atoms with Gasteiger partial charge in [0.05, 0.1) is 6.54 Å². The van der Waals surface area contributed by atoms with E-state index in [0.29, 0.717) is 31.7 Å². The number of amides is 2. The number of nitrogens with one attached hydrogen (secondary N) is 1. The van der Waals surface area contributed by atoms with Gasteiger partial charge in [-0.2, -0.15) is 0 Å². The van der Waals surface area contributed by atoms with Crippen LogP contribution in [-0.4, -0.2) is 97.5 Å². The lowest BCUT2D eigenvalue weighted by Crippen LogP contribution is -2.51. The summed E-state index contributed by atoms with van der Waals surface area (Å²) in [5, 5.41) is 2.71. The van der Waals surface area contributed by atoms with Crippen LogP contribution in [0.2, 0.25) is 0 Å². The zero-order valence-electron chi connectivity index (χ0n) is 17.9. The van der Waals surface area contributed by atoms with E-state index in [-0.39, 0.29) is 18.4 Å². The molecule has 0 saturated carbocycles. The second-order valence-corrected chi connectivity index (χ2v) is 7.94. The lowest BCUT2D eigenvalue weighted by Gasteiger charge is -2.36. The zero-order chi connectivity index (χ0) is 21.6. The number of carbonyl (C=O) groups is 2. The Morgan fingerprint density at radius 2 is 1.45 bits per heavy atom. The molecule has 2 aliphatic rings. The maximum absolute atomic E-state index is 12.5. The second kappa shape index (κ2) is 9.74. The van der Waals surface area contributed by atoms with Crippen LogP contribution in [0.3, 0.4) is 0 Å². The Morgan fingerprint density at radius 1 is 0.871 bits per heavy atom. The number of likely N-dealkylation sites (N-methyl/N-ethyl adjacent to an activating group) is 1. The summed E-state index contributed by atoms with van der Waals surface area (Å²) >= 11 is 0. The van der Waals surface area contributed by atoms with E-state index in [0.717, 1.165) is 37.8 Å². The number of benzene rings is 1. The molecule has 2 amide bonds. The molecule has 0 bridgehead atoms. The van der Waals surface area contributed by atoms with Gasteiger partial charge < -0.3 is 24.9 Å². The van der Waals surface area contributed by atoms with Crippen LogP contribution in [0.5, 0.6) is 0 Å². The molecular formula is C22H29N7O2. The molecule has 2 saturated heterocycles. The smallest absolute Gasteiger partial charge is 0.251 e. The van der Waals surface area contributed by atoms with Crippen LogP contribution in [0.15, 0.2) is 42.7 Å². The topological polar surface area (TPSA) is 84.9 Å². The van der Waals surface area contributed by atoms with E-state index in [2.05, 4.69) is 37.0 Å². The van der Waals surface area contributed by atoms with Crippen molar-refractivity contribution < 1.29 is 9.59 Å². The van der Waals surface area contributed by atoms with Gasteiger partial charge in [0.1, 0.15) is 18.0 Å². The van der Waals surface area contributed by atoms with E-state index in [1.165, 1.54) is 0 Å². The molecule has 164 valence electrons. The summed E-state index contributed by atoms with van der Waals surface area (Å²) in [5.74, 6) is 1.56. The van der Waals surface area contributed by atoms with E-state index in [1.54, 1.807) is 35.5 Å². The van der Waals surface area contributed by atoms with Gasteiger partial charge >= 0.3 is 0 Å². The standard InChI is InChI=1S/C22H29N7O2/c1-26-7-9-27(10-8-26)19-15-20(25-17-24-19)28-11-13-29(14-12-28)21(30)16-23-22(31)18-5-3-2-4-6-18/h2-6,15,17H,7-14,16H2,1H3,(H,23,31). The molecule has 2 aromatic rings. The first kappa shape index (κ1) is 21.0. The van der Waals surface area contributed by atoms with Crippen LogP contribution in [0.1, 0.15) is 10.4 Å². The van der Waals surface area contributed by atoms with Crippen molar-refractivity contribution in [1.82, 2.24) is 25.1 Å². The summed E-state index contributed by atoms with van der Waals surface area (Å²) < 4.78 is 0. The molecule has 31 heavy (non-hydrogen) atoms. The number of hydrogen-bond donors (Lipinski definition) is 1. The molecule has 0 aliphatic carbocycles. The third kappa shape index (κ3) is 5.29. The summed E-state index contributed by atoms with van der Waals surface area (Å²) in [5.41, 5.74) is 0.556. The lowest BCUT2D eigenvalue weighted by molar-refractivity contribution is -0.130. The lowest BCUT2D eigenvalue weighted by atomic mass is 10.2. The minimum Gasteiger partial charge on any atom is -0.354 e. The van der Waals surface area contributed by atoms with Gasteiger partial charge in [-0.05, 0) is 19.2 Å². The van der Waals surface area contributed by atoms with Gasteiger partial charge in [0.15, 0.2) is 0 Å². The molecule has 4 rings (SSSR count). The van der Waals surface area contributed by atoms with Crippen LogP contribution in [0, 0.1) is 0 Å². The Morgan fingerprint density at radius 3 is 2.06 bits per heavy atom. The number of rotatable bonds is 5. The molecule has 3 heterocycles. The van der Waals surface area contributed by atoms with Crippen molar-refractivity contribution >= 4 is 23.5 Å². The average Bonchev–Trinajstić information content (AvgIpc) is 2.83. The monoisotopic (exact) mass is 423 g/mol. The Labute approximate surface area is 182 Å². The SMILES string of the molecule is CN1CCN(c2cc(N3CCN(C(=O)CNC(=O)c4ccccc4)CC3)ncn2)CC1. The Kier molecular flexibility index (Phi) is 6.61. The molecule has 1 N–H and O–H groups in total. The maximum Gasteiger partial charge on any atom is 0.251 e. The highest BCUT2D eigenvalue weighted by Gasteiger charge is 2.23. The van der Waals surface area contributed by atoms with E-state index in [9.17, 15) is 9.59 Å². The fraction of sp³-hybridized carbons (Fsp3) is 0.455. The number of anilines is 2. The summed E-state index contributed by atoms with van der Waals surface area (Å²) in [4.78, 5) is 42.2. The van der Waals surface area contributed by atoms with Crippen molar-refractivity contribution in [3.8, 4) is 0 Å². The van der Waals surface area contributed by atoms with Gasteiger partial charge in [0.2, 0.25) is 5.91 Å². The fourth-order valence-electron chi connectivity index (χ4n) is 3.86. The summed E-state index contributed by atoms with van der Waals surface area (Å²) in [7, 11) is 2.14. The normalized spacial score (nSPS) is 17.5. The quantitative estimate of drug-likeness (QED) is 0.741. The van der Waals surface area contributed by atoms with Crippen LogP contribution in [-0.2, 0) is 4.79 Å². The first-order chi connectivity index (χ1) is 15.1. The number of carbonyl (C=O) groups excluding carboxylic acids is 2. The Balaban J connectivity index is 1.27. The third-order valence-electron chi connectivity index (χ3n) is 5.86. The van der Waals surface area contributed by atoms with E-state index in [1.807, 2.05) is 12.1 Å². The molecule has 0 atom stereocenters. The molecule has 2 fully saturated rings. The predicted octanol–water partition coefficient (Wildman–Crippen LogP) is 0.307. The van der Waals surface area contributed by atoms with Crippen LogP contribution in [0.25, 0.3) is 0 Å². The number of piperazine rings is 2. The molecular weight excluding hydrogens is 394 g/mol. The first-order valence-electron chi connectivity index (χ1n) is 10.7. The van der Waals surface area contributed by atoms with E-state index >= 15 is 0 Å². The molecule has 1 aromatic heterocycles. The zero-order valence-corrected chi connectivity index (χ0v) is 17.9. The minimum atomic E-state index is -0.231. The van der Waals surface area contributed by atoms with E-state index in [4.69, 9.17) is 0 Å². The maximum atomic E-state index is 12.5. The van der Waals surface area contributed by atoms with Crippen LogP contribution >= 0.6 is 0 Å². The largest absolute Gasteiger partial charge is 0.354 e. The third-order valence-corrected chi connectivity index (χ3v) is 5.86. The van der Waals surface area contributed by atoms with Gasteiger partial charge in [-0.25, -0.2) is 9.97 Å². The number of aromatic nitrogens is 2. The predicted molar refractivity (Wildman–Crippen MR) is 119 cm³/mol. The molecule has 0 spiro atoms. The molecule has 9 nitrogen and oxygen atoms in total. The molecule has 2 aliphatic heterocycles. The Hall–Kier alpha value is -3.20. The highest BCUT2D eigenvalue weighted by Crippen LogP contribution is 2.20. The minimum absolute atomic E-state index is 0.00872. The van der Waals surface area contributed by atoms with Gasteiger partial charge in [0.25, 0.3) is 5.91 Å². The highest BCUT2D eigenvalue weighted by atomic mass is 16.2. The highest BCUT2D eigenvalue weighted by molar-refractivity contribution is 5.96. The van der Waals surface area contributed by atoms with Crippen LogP contribution in [0.4, 0.5) is 11.6 Å². The van der Waals surface area contributed by atoms with Gasteiger partial charge in [-0.1, -0.05) is 18.2 Å². The molecule has 1 aromatic carbocycles. The second-order valence-electron chi connectivity index (χ2n) is 7.94. The first-order valence-corrected chi connectivity index (χ1v) is 10.7. The van der Waals surface area contributed by atoms with Crippen LogP contribution < -0.4 is 15.1 Å². The Bertz CT molecular complexity index is 892. The molecule has 9 heteroatoms. The van der Waals surface area contributed by atoms with Crippen molar-refractivity contribution in [2.45, 2.75) is 0 Å². The van der Waals surface area contributed by atoms with Crippen molar-refractivity contribution in [2.75, 3.05) is 75.8 Å². The fourth-order valence-corrected chi connectivity index (χ4v) is 3.86. The molecule has 0 unspecified atom stereocenters. The number of hydrogen-bond acceptors (Lipinski definition) is 7. The van der Waals surface area contributed by atoms with Crippen molar-refractivity contribution in [3.63, 3.8) is 0 Å². The van der Waals surface area contributed by atoms with Gasteiger partial charge in [0, 0.05) is 64.0 Å². The summed E-state index contributed by atoms with van der Waals surface area (Å²) in [6.07, 6.45) is 1.62. The van der Waals surface area contributed by atoms with E-state index < -0.39 is 0 Å². The van der Waals surface area contributed by atoms with Crippen molar-refractivity contribution in [1.29, 1.82) is 0 Å².